The fourth-order valence-electron chi connectivity index (χ4n) is 4.32. The average molecular weight is 554 g/mol. The number of halogens is 1. The van der Waals surface area contributed by atoms with Crippen molar-refractivity contribution in [2.45, 2.75) is 13.8 Å². The number of ether oxygens (including phenoxy) is 2. The fourth-order valence-corrected chi connectivity index (χ4v) is 5.21. The summed E-state index contributed by atoms with van der Waals surface area (Å²) in [5, 5.41) is 9.19. The molecule has 8 nitrogen and oxygen atoms in total. The summed E-state index contributed by atoms with van der Waals surface area (Å²) in [6.45, 7) is 4.67. The molecular formula is C30H24FN5O3S. The molecule has 6 rings (SSSR count). The van der Waals surface area contributed by atoms with Crippen LogP contribution in [0.3, 0.4) is 0 Å². The zero-order valence-corrected chi connectivity index (χ0v) is 22.6. The highest BCUT2D eigenvalue weighted by molar-refractivity contribution is 7.15. The molecule has 0 bridgehead atoms. The second-order valence-electron chi connectivity index (χ2n) is 8.79. The van der Waals surface area contributed by atoms with Gasteiger partial charge in [-0.15, -0.1) is 5.10 Å². The maximum atomic E-state index is 14.8. The zero-order valence-electron chi connectivity index (χ0n) is 21.7. The Labute approximate surface area is 232 Å². The second-order valence-corrected chi connectivity index (χ2v) is 9.80. The third kappa shape index (κ3) is 4.85. The van der Waals surface area contributed by atoms with Gasteiger partial charge in [0.05, 0.1) is 23.4 Å². The topological polar surface area (TPSA) is 83.5 Å². The molecule has 3 aromatic carbocycles. The predicted molar refractivity (Wildman–Crippen MR) is 153 cm³/mol. The molecule has 0 unspecified atom stereocenters. The molecule has 0 spiro atoms. The lowest BCUT2D eigenvalue weighted by molar-refractivity contribution is 0.321. The zero-order chi connectivity index (χ0) is 27.6. The summed E-state index contributed by atoms with van der Waals surface area (Å²) < 4.78 is 29.1. The minimum absolute atomic E-state index is 0.176. The predicted octanol–water partition coefficient (Wildman–Crippen LogP) is 5.15. The molecule has 0 aliphatic carbocycles. The van der Waals surface area contributed by atoms with Gasteiger partial charge < -0.3 is 9.47 Å². The molecule has 6 aromatic rings. The Hall–Kier alpha value is -4.83. The Morgan fingerprint density at radius 1 is 0.925 bits per heavy atom. The highest BCUT2D eigenvalue weighted by Crippen LogP contribution is 2.29. The van der Waals surface area contributed by atoms with E-state index in [0.29, 0.717) is 45.4 Å². The van der Waals surface area contributed by atoms with Crippen molar-refractivity contribution >= 4 is 22.4 Å². The van der Waals surface area contributed by atoms with Crippen molar-refractivity contribution in [3.63, 3.8) is 0 Å². The van der Waals surface area contributed by atoms with Crippen LogP contribution in [-0.4, -0.2) is 37.6 Å². The van der Waals surface area contributed by atoms with Crippen molar-refractivity contribution in [2.75, 3.05) is 13.2 Å². The van der Waals surface area contributed by atoms with Crippen LogP contribution in [-0.2, 0) is 0 Å². The first kappa shape index (κ1) is 25.4. The Morgan fingerprint density at radius 2 is 1.68 bits per heavy atom. The van der Waals surface area contributed by atoms with Gasteiger partial charge in [0.15, 0.2) is 17.4 Å². The summed E-state index contributed by atoms with van der Waals surface area (Å²) in [5.74, 6) is 0.910. The summed E-state index contributed by atoms with van der Waals surface area (Å²) in [6.07, 6.45) is 3.57. The number of para-hydroxylation sites is 1. The van der Waals surface area contributed by atoms with Gasteiger partial charge in [-0.2, -0.15) is 14.6 Å². The average Bonchev–Trinajstić information content (AvgIpc) is 3.66. The third-order valence-electron chi connectivity index (χ3n) is 6.16. The molecule has 0 N–H and O–H groups in total. The van der Waals surface area contributed by atoms with Crippen molar-refractivity contribution in [1.82, 2.24) is 24.4 Å². The Morgan fingerprint density at radius 3 is 2.38 bits per heavy atom. The molecule has 0 atom stereocenters. The third-order valence-corrected chi connectivity index (χ3v) is 7.12. The van der Waals surface area contributed by atoms with Crippen LogP contribution in [0, 0.1) is 5.82 Å². The molecule has 0 radical (unpaired) electrons. The summed E-state index contributed by atoms with van der Waals surface area (Å²) >= 11 is 1.23. The van der Waals surface area contributed by atoms with Gasteiger partial charge in [-0.3, -0.25) is 4.79 Å². The number of aromatic nitrogens is 5. The van der Waals surface area contributed by atoms with Crippen molar-refractivity contribution in [2.24, 2.45) is 0 Å². The first-order valence-corrected chi connectivity index (χ1v) is 13.6. The van der Waals surface area contributed by atoms with Crippen LogP contribution in [0.5, 0.6) is 11.5 Å². The van der Waals surface area contributed by atoms with Gasteiger partial charge in [-0.25, -0.2) is 9.07 Å². The van der Waals surface area contributed by atoms with Gasteiger partial charge >= 0.3 is 0 Å². The molecule has 0 saturated carbocycles. The normalized spacial score (nSPS) is 11.8. The standard InChI is InChI=1S/C30H24FN5O3S/c1-3-38-23-13-10-19(11-14-23)28-32-30-36(34-28)29(37)26(40-30)17-21-18-35(22-8-6-5-7-9-22)33-27(21)20-12-15-25(39-4-2)24(31)16-20/h5-18H,3-4H2,1-2H3. The lowest BCUT2D eigenvalue weighted by Crippen LogP contribution is -2.23. The van der Waals surface area contributed by atoms with E-state index in [1.807, 2.05) is 67.7 Å². The van der Waals surface area contributed by atoms with E-state index in [-0.39, 0.29) is 11.3 Å². The number of thiazole rings is 1. The van der Waals surface area contributed by atoms with Gasteiger partial charge in [0.2, 0.25) is 4.96 Å². The van der Waals surface area contributed by atoms with E-state index >= 15 is 0 Å². The first-order valence-electron chi connectivity index (χ1n) is 12.8. The first-order chi connectivity index (χ1) is 19.5. The molecule has 0 aliphatic heterocycles. The number of hydrogen-bond acceptors (Lipinski definition) is 7. The van der Waals surface area contributed by atoms with Crippen molar-refractivity contribution in [3.8, 4) is 39.8 Å². The summed E-state index contributed by atoms with van der Waals surface area (Å²) in [6, 6.07) is 21.7. The van der Waals surface area contributed by atoms with E-state index in [2.05, 4.69) is 10.1 Å². The Bertz CT molecular complexity index is 1910. The highest BCUT2D eigenvalue weighted by Gasteiger charge is 2.16. The molecule has 0 fully saturated rings. The quantitative estimate of drug-likeness (QED) is 0.259. The number of rotatable bonds is 8. The van der Waals surface area contributed by atoms with Crippen LogP contribution in [0.2, 0.25) is 0 Å². The SMILES string of the molecule is CCOc1ccc(-c2nc3sc(=Cc4cn(-c5ccccc5)nc4-c4ccc(OCC)c(F)c4)c(=O)n3n2)cc1. The van der Waals surface area contributed by atoms with Crippen molar-refractivity contribution < 1.29 is 13.9 Å². The maximum absolute atomic E-state index is 14.8. The minimum Gasteiger partial charge on any atom is -0.494 e. The summed E-state index contributed by atoms with van der Waals surface area (Å²) in [7, 11) is 0. The minimum atomic E-state index is -0.482. The smallest absolute Gasteiger partial charge is 0.291 e. The molecule has 0 saturated heterocycles. The van der Waals surface area contributed by atoms with E-state index in [0.717, 1.165) is 17.0 Å². The second kappa shape index (κ2) is 10.7. The fraction of sp³-hybridized carbons (Fsp3) is 0.133. The van der Waals surface area contributed by atoms with Gasteiger partial charge in [0, 0.05) is 22.9 Å². The van der Waals surface area contributed by atoms with Gasteiger partial charge in [-0.05, 0) is 74.5 Å². The largest absolute Gasteiger partial charge is 0.494 e. The lowest BCUT2D eigenvalue weighted by atomic mass is 10.1. The van der Waals surface area contributed by atoms with Gasteiger partial charge in [0.1, 0.15) is 11.4 Å². The van der Waals surface area contributed by atoms with Crippen LogP contribution in [0.25, 0.3) is 39.4 Å². The van der Waals surface area contributed by atoms with Gasteiger partial charge in [0.25, 0.3) is 5.56 Å². The Balaban J connectivity index is 1.43. The maximum Gasteiger partial charge on any atom is 0.291 e. The number of fused-ring (bicyclic) bond motifs is 1. The number of benzene rings is 3. The molecule has 0 amide bonds. The van der Waals surface area contributed by atoms with Crippen LogP contribution in [0.1, 0.15) is 19.4 Å². The number of hydrogen-bond donors (Lipinski definition) is 0. The number of nitrogens with zero attached hydrogens (tertiary/aromatic N) is 5. The van der Waals surface area contributed by atoms with E-state index in [1.54, 1.807) is 29.8 Å². The van der Waals surface area contributed by atoms with Crippen molar-refractivity contribution in [3.05, 3.63) is 105 Å². The lowest BCUT2D eigenvalue weighted by Gasteiger charge is -2.06. The molecule has 200 valence electrons. The van der Waals surface area contributed by atoms with Crippen LogP contribution in [0.4, 0.5) is 4.39 Å². The molecule has 0 aliphatic rings. The summed E-state index contributed by atoms with van der Waals surface area (Å²) in [5.41, 5.74) is 3.07. The van der Waals surface area contributed by atoms with Crippen LogP contribution in [0.15, 0.2) is 83.8 Å². The van der Waals surface area contributed by atoms with E-state index in [9.17, 15) is 9.18 Å². The summed E-state index contributed by atoms with van der Waals surface area (Å²) in [4.78, 5) is 18.4. The van der Waals surface area contributed by atoms with Gasteiger partial charge in [-0.1, -0.05) is 29.5 Å². The monoisotopic (exact) mass is 553 g/mol. The van der Waals surface area contributed by atoms with Crippen LogP contribution < -0.4 is 19.6 Å². The molecule has 10 heteroatoms. The van der Waals surface area contributed by atoms with Crippen LogP contribution >= 0.6 is 11.3 Å². The highest BCUT2D eigenvalue weighted by atomic mass is 32.1. The van der Waals surface area contributed by atoms with E-state index in [1.165, 1.54) is 21.9 Å². The molecular weight excluding hydrogens is 529 g/mol. The van der Waals surface area contributed by atoms with E-state index in [4.69, 9.17) is 14.6 Å². The Kier molecular flexibility index (Phi) is 6.83. The van der Waals surface area contributed by atoms with E-state index < -0.39 is 5.82 Å². The molecule has 3 aromatic heterocycles. The van der Waals surface area contributed by atoms with Crippen molar-refractivity contribution in [1.29, 1.82) is 0 Å². The molecule has 3 heterocycles. The molecule has 40 heavy (non-hydrogen) atoms.